The topological polar surface area (TPSA) is 179 Å². The van der Waals surface area contributed by atoms with Gasteiger partial charge in [0.25, 0.3) is 5.56 Å². The number of nitrogen functional groups attached to an aromatic ring is 1. The Balaban J connectivity index is 1.42. The quantitative estimate of drug-likeness (QED) is 0.121. The summed E-state index contributed by atoms with van der Waals surface area (Å²) in [5.41, 5.74) is 15.7. The summed E-state index contributed by atoms with van der Waals surface area (Å²) in [6.07, 6.45) is 4.34. The minimum Gasteiger partial charge on any atom is -0.453 e. The Morgan fingerprint density at radius 1 is 1.09 bits per heavy atom. The van der Waals surface area contributed by atoms with Gasteiger partial charge < -0.3 is 15.8 Å². The number of hydrogen-bond acceptors (Lipinski definition) is 10. The number of hydrogen-bond donors (Lipinski definition) is 6. The molecular formula is C30H28ClN9O4. The molecule has 2 amide bonds. The third kappa shape index (κ3) is 7.40. The van der Waals surface area contributed by atoms with Crippen LogP contribution in [0.4, 0.5) is 21.9 Å². The van der Waals surface area contributed by atoms with Crippen LogP contribution >= 0.6 is 11.6 Å². The first kappa shape index (κ1) is 29.8. The second-order valence-corrected chi connectivity index (χ2v) is 10.0. The zero-order chi connectivity index (χ0) is 31.1. The van der Waals surface area contributed by atoms with E-state index < -0.39 is 23.6 Å². The van der Waals surface area contributed by atoms with Crippen LogP contribution in [0.1, 0.15) is 22.9 Å². The van der Waals surface area contributed by atoms with Gasteiger partial charge in [0.1, 0.15) is 6.34 Å². The number of amides is 2. The van der Waals surface area contributed by atoms with Gasteiger partial charge in [0, 0.05) is 28.0 Å². The molecule has 0 fully saturated rings. The standard InChI is InChI=1S/C30H28ClN9O4/c1-44-30(43)34-23-10-4-19(5-11-23)24-16-26(36-37-29(24)42)25(14-18-2-8-22(32)9-3-18)35-28(41)13-6-20-15-21(31)7-12-27(20)40-17-33-38-39-40/h2-13,15-17,25,38-39H,14,32H2,1H3,(H,34,43)(H,35,41)(H,37,42)/b13-6+/t25-/m0/s1. The van der Waals surface area contributed by atoms with Crippen LogP contribution in [-0.4, -0.2) is 35.6 Å². The first-order valence-corrected chi connectivity index (χ1v) is 13.7. The zero-order valence-corrected chi connectivity index (χ0v) is 24.1. The molecule has 3 aromatic carbocycles. The van der Waals surface area contributed by atoms with E-state index in [1.54, 1.807) is 78.1 Å². The predicted molar refractivity (Wildman–Crippen MR) is 169 cm³/mol. The molecule has 1 aliphatic rings. The molecule has 44 heavy (non-hydrogen) atoms. The van der Waals surface area contributed by atoms with Crippen molar-refractivity contribution in [1.29, 1.82) is 0 Å². The molecule has 2 heterocycles. The van der Waals surface area contributed by atoms with E-state index in [-0.39, 0.29) is 0 Å². The molecule has 1 aromatic heterocycles. The lowest BCUT2D eigenvalue weighted by molar-refractivity contribution is -0.117. The number of H-pyrrole nitrogens is 1. The van der Waals surface area contributed by atoms with Gasteiger partial charge >= 0.3 is 6.09 Å². The van der Waals surface area contributed by atoms with E-state index in [0.29, 0.717) is 50.9 Å². The number of nitrogens with one attached hydrogen (secondary N) is 5. The summed E-state index contributed by atoms with van der Waals surface area (Å²) in [6, 6.07) is 20.2. The summed E-state index contributed by atoms with van der Waals surface area (Å²) < 4.78 is 4.62. The number of anilines is 3. The van der Waals surface area contributed by atoms with Crippen molar-refractivity contribution in [2.24, 2.45) is 5.10 Å². The molecule has 0 spiro atoms. The maximum atomic E-state index is 13.3. The lowest BCUT2D eigenvalue weighted by atomic mass is 10.00. The highest BCUT2D eigenvalue weighted by atomic mass is 35.5. The number of methoxy groups -OCH3 is 1. The van der Waals surface area contributed by atoms with E-state index in [2.05, 4.69) is 41.7 Å². The van der Waals surface area contributed by atoms with Gasteiger partial charge in [-0.2, -0.15) is 10.2 Å². The van der Waals surface area contributed by atoms with Gasteiger partial charge in [-0.15, -0.1) is 5.53 Å². The fourth-order valence-corrected chi connectivity index (χ4v) is 4.60. The number of benzene rings is 3. The second-order valence-electron chi connectivity index (χ2n) is 9.61. The van der Waals surface area contributed by atoms with Crippen LogP contribution in [0, 0.1) is 0 Å². The first-order valence-electron chi connectivity index (χ1n) is 13.3. The number of aromatic nitrogens is 2. The predicted octanol–water partition coefficient (Wildman–Crippen LogP) is 3.74. The van der Waals surface area contributed by atoms with Crippen LogP contribution in [-0.2, 0) is 16.0 Å². The highest BCUT2D eigenvalue weighted by molar-refractivity contribution is 6.30. The van der Waals surface area contributed by atoms with Gasteiger partial charge in [-0.3, -0.25) is 14.9 Å². The fourth-order valence-electron chi connectivity index (χ4n) is 4.42. The molecule has 4 aromatic rings. The van der Waals surface area contributed by atoms with Gasteiger partial charge in [0.2, 0.25) is 5.91 Å². The number of rotatable bonds is 9. The van der Waals surface area contributed by atoms with Crippen LogP contribution in [0.25, 0.3) is 17.2 Å². The Kier molecular flexibility index (Phi) is 9.18. The maximum Gasteiger partial charge on any atom is 0.411 e. The summed E-state index contributed by atoms with van der Waals surface area (Å²) in [7, 11) is 1.27. The molecule has 0 saturated heterocycles. The van der Waals surface area contributed by atoms with Gasteiger partial charge in [0.15, 0.2) is 0 Å². The number of hydrazone groups is 1. The van der Waals surface area contributed by atoms with E-state index in [1.807, 2.05) is 12.1 Å². The van der Waals surface area contributed by atoms with E-state index in [4.69, 9.17) is 17.3 Å². The lowest BCUT2D eigenvalue weighted by Crippen LogP contribution is -2.37. The highest BCUT2D eigenvalue weighted by Gasteiger charge is 2.19. The van der Waals surface area contributed by atoms with Gasteiger partial charge in [-0.05, 0) is 72.2 Å². The Morgan fingerprint density at radius 3 is 2.57 bits per heavy atom. The molecule has 0 unspecified atom stereocenters. The van der Waals surface area contributed by atoms with Crippen molar-refractivity contribution < 1.29 is 14.3 Å². The number of aromatic amines is 1. The number of ether oxygens (including phenoxy) is 1. The van der Waals surface area contributed by atoms with E-state index in [9.17, 15) is 14.4 Å². The van der Waals surface area contributed by atoms with Crippen LogP contribution in [0.5, 0.6) is 0 Å². The minimum absolute atomic E-state index is 0.337. The molecule has 0 radical (unpaired) electrons. The molecule has 7 N–H and O–H groups in total. The molecule has 1 aliphatic heterocycles. The Morgan fingerprint density at radius 2 is 1.86 bits per heavy atom. The monoisotopic (exact) mass is 613 g/mol. The lowest BCUT2D eigenvalue weighted by Gasteiger charge is -2.19. The van der Waals surface area contributed by atoms with Crippen molar-refractivity contribution in [3.05, 3.63) is 111 Å². The smallest absolute Gasteiger partial charge is 0.411 e. The van der Waals surface area contributed by atoms with Gasteiger partial charge in [0.05, 0.1) is 30.1 Å². The summed E-state index contributed by atoms with van der Waals surface area (Å²) in [5.74, 6) is -0.398. The molecule has 0 aliphatic carbocycles. The van der Waals surface area contributed by atoms with Crippen molar-refractivity contribution in [2.75, 3.05) is 23.2 Å². The highest BCUT2D eigenvalue weighted by Crippen LogP contribution is 2.26. The van der Waals surface area contributed by atoms with E-state index >= 15 is 0 Å². The van der Waals surface area contributed by atoms with Crippen LogP contribution < -0.4 is 38.0 Å². The molecule has 0 saturated carbocycles. The Labute approximate surface area is 256 Å². The third-order valence-electron chi connectivity index (χ3n) is 6.62. The molecule has 5 rings (SSSR count). The number of carbonyl (C=O) groups excluding carboxylic acids is 2. The van der Waals surface area contributed by atoms with Crippen molar-refractivity contribution >= 4 is 53.1 Å². The zero-order valence-electron chi connectivity index (χ0n) is 23.4. The summed E-state index contributed by atoms with van der Waals surface area (Å²) in [5, 5.41) is 18.4. The summed E-state index contributed by atoms with van der Waals surface area (Å²) >= 11 is 6.23. The largest absolute Gasteiger partial charge is 0.453 e. The second kappa shape index (κ2) is 13.5. The number of hydrazine groups is 2. The van der Waals surface area contributed by atoms with Crippen molar-refractivity contribution in [3.63, 3.8) is 0 Å². The number of nitrogens with two attached hydrogens (primary N) is 1. The molecular weight excluding hydrogens is 586 g/mol. The van der Waals surface area contributed by atoms with E-state index in [0.717, 1.165) is 5.56 Å². The average Bonchev–Trinajstić information content (AvgIpc) is 3.56. The summed E-state index contributed by atoms with van der Waals surface area (Å²) in [4.78, 5) is 37.6. The van der Waals surface area contributed by atoms with Gasteiger partial charge in [-0.1, -0.05) is 35.9 Å². The first-order chi connectivity index (χ1) is 21.3. The van der Waals surface area contributed by atoms with Crippen molar-refractivity contribution in [1.82, 2.24) is 26.6 Å². The minimum atomic E-state index is -0.623. The number of nitrogens with zero attached hydrogens (tertiary/aromatic N) is 3. The number of carbonyl (C=O) groups is 2. The van der Waals surface area contributed by atoms with Crippen LogP contribution in [0.15, 0.2) is 88.8 Å². The average molecular weight is 614 g/mol. The Hall–Kier alpha value is -5.66. The van der Waals surface area contributed by atoms with Gasteiger partial charge in [-0.25, -0.2) is 20.4 Å². The SMILES string of the molecule is COC(=O)Nc1ccc(-c2cc([C@H](Cc3ccc(N)cc3)NC(=O)/C=C/c3cc(Cl)ccc3N3C=NNN3)n[nH]c2=O)cc1. The third-order valence-corrected chi connectivity index (χ3v) is 6.85. The molecule has 224 valence electrons. The van der Waals surface area contributed by atoms with Crippen molar-refractivity contribution in [2.45, 2.75) is 12.5 Å². The molecule has 0 bridgehead atoms. The fraction of sp³-hybridized carbons (Fsp3) is 0.100. The normalized spacial score (nSPS) is 13.0. The Bertz CT molecular complexity index is 1770. The number of halogens is 1. The van der Waals surface area contributed by atoms with Crippen LogP contribution in [0.2, 0.25) is 5.02 Å². The maximum absolute atomic E-state index is 13.3. The molecule has 14 heteroatoms. The molecule has 13 nitrogen and oxygen atoms in total. The van der Waals surface area contributed by atoms with Crippen LogP contribution in [0.3, 0.4) is 0 Å². The summed E-state index contributed by atoms with van der Waals surface area (Å²) in [6.45, 7) is 0. The van der Waals surface area contributed by atoms with E-state index in [1.165, 1.54) is 13.2 Å². The van der Waals surface area contributed by atoms with Crippen molar-refractivity contribution in [3.8, 4) is 11.1 Å². The molecule has 1 atom stereocenters.